The average molecular weight is 245 g/mol. The topological polar surface area (TPSA) is 25.8 Å². The second-order valence-electron chi connectivity index (χ2n) is 4.12. The summed E-state index contributed by atoms with van der Waals surface area (Å²) in [5, 5.41) is 2.10. The fourth-order valence-corrected chi connectivity index (χ4v) is 2.18. The Labute approximate surface area is 101 Å². The zero-order valence-corrected chi connectivity index (χ0v) is 11.4. The highest BCUT2D eigenvalue weighted by Crippen LogP contribution is 2.29. The van der Waals surface area contributed by atoms with Crippen LogP contribution in [0.4, 0.5) is 0 Å². The molecule has 1 heterocycles. The molecule has 0 N–H and O–H groups in total. The highest BCUT2D eigenvalue weighted by molar-refractivity contribution is 7.99. The molecule has 0 unspecified atom stereocenters. The van der Waals surface area contributed by atoms with E-state index in [0.29, 0.717) is 16.3 Å². The van der Waals surface area contributed by atoms with E-state index in [-0.39, 0.29) is 0 Å². The minimum absolute atomic E-state index is 0.314. The van der Waals surface area contributed by atoms with Crippen LogP contribution in [-0.4, -0.2) is 15.2 Å². The molecule has 4 heteroatoms. The van der Waals surface area contributed by atoms with Gasteiger partial charge in [0.1, 0.15) is 16.0 Å². The van der Waals surface area contributed by atoms with E-state index >= 15 is 0 Å². The van der Waals surface area contributed by atoms with E-state index < -0.39 is 0 Å². The van der Waals surface area contributed by atoms with E-state index in [1.54, 1.807) is 11.8 Å². The average Bonchev–Trinajstić information content (AvgIpc) is 2.11. The highest BCUT2D eigenvalue weighted by atomic mass is 35.5. The molecule has 1 aromatic rings. The molecule has 2 nitrogen and oxygen atoms in total. The lowest BCUT2D eigenvalue weighted by atomic mass is 10.2. The van der Waals surface area contributed by atoms with E-state index in [1.807, 2.05) is 6.92 Å². The van der Waals surface area contributed by atoms with Gasteiger partial charge in [0, 0.05) is 16.7 Å². The van der Waals surface area contributed by atoms with Crippen molar-refractivity contribution in [2.75, 3.05) is 0 Å². The molecule has 0 bridgehead atoms. The van der Waals surface area contributed by atoms with Gasteiger partial charge >= 0.3 is 0 Å². The van der Waals surface area contributed by atoms with Gasteiger partial charge < -0.3 is 0 Å². The number of aromatic nitrogens is 2. The zero-order chi connectivity index (χ0) is 11.6. The second-order valence-corrected chi connectivity index (χ2v) is 6.05. The number of thioether (sulfide) groups is 1. The van der Waals surface area contributed by atoms with Crippen molar-refractivity contribution in [2.24, 2.45) is 0 Å². The number of rotatable bonds is 3. The summed E-state index contributed by atoms with van der Waals surface area (Å²) in [6.07, 6.45) is 0. The van der Waals surface area contributed by atoms with Gasteiger partial charge in [0.15, 0.2) is 0 Å². The molecule has 0 radical (unpaired) electrons. The maximum atomic E-state index is 6.08. The minimum atomic E-state index is 0.314. The summed E-state index contributed by atoms with van der Waals surface area (Å²) in [6, 6.07) is 0. The Bertz CT molecular complexity index is 351. The van der Waals surface area contributed by atoms with Crippen LogP contribution in [0.2, 0.25) is 5.15 Å². The van der Waals surface area contributed by atoms with Crippen LogP contribution >= 0.6 is 23.4 Å². The predicted octanol–water partition coefficient (Wildman–Crippen LogP) is 4.06. The highest BCUT2D eigenvalue weighted by Gasteiger charge is 2.13. The maximum absolute atomic E-state index is 6.08. The second kappa shape index (κ2) is 5.17. The number of hydrogen-bond donors (Lipinski definition) is 0. The Balaban J connectivity index is 3.13. The maximum Gasteiger partial charge on any atom is 0.136 e. The molecule has 0 fully saturated rings. The molecule has 15 heavy (non-hydrogen) atoms. The summed E-state index contributed by atoms with van der Waals surface area (Å²) < 4.78 is 0. The summed E-state index contributed by atoms with van der Waals surface area (Å²) in [7, 11) is 0. The largest absolute Gasteiger partial charge is 0.226 e. The fourth-order valence-electron chi connectivity index (χ4n) is 1.08. The number of nitrogens with zero attached hydrogens (tertiary/aromatic N) is 2. The molecule has 0 atom stereocenters. The van der Waals surface area contributed by atoms with E-state index in [9.17, 15) is 0 Å². The molecule has 0 aromatic carbocycles. The summed E-state index contributed by atoms with van der Waals surface area (Å²) in [6.45, 7) is 10.4. The molecule has 0 saturated carbocycles. The first-order valence-electron chi connectivity index (χ1n) is 5.12. The Hall–Kier alpha value is -0.280. The quantitative estimate of drug-likeness (QED) is 0.592. The Morgan fingerprint density at radius 3 is 2.20 bits per heavy atom. The van der Waals surface area contributed by atoms with Crippen molar-refractivity contribution in [3.05, 3.63) is 16.5 Å². The van der Waals surface area contributed by atoms with Gasteiger partial charge in [-0.15, -0.1) is 11.8 Å². The van der Waals surface area contributed by atoms with Crippen LogP contribution in [0.15, 0.2) is 5.03 Å². The van der Waals surface area contributed by atoms with Crippen molar-refractivity contribution >= 4 is 23.4 Å². The number of hydrogen-bond acceptors (Lipinski definition) is 3. The molecular weight excluding hydrogens is 228 g/mol. The van der Waals surface area contributed by atoms with Crippen LogP contribution in [-0.2, 0) is 0 Å². The third-order valence-corrected chi connectivity index (χ3v) is 3.38. The van der Waals surface area contributed by atoms with Crippen molar-refractivity contribution < 1.29 is 0 Å². The molecule has 0 aliphatic heterocycles. The van der Waals surface area contributed by atoms with Gasteiger partial charge in [-0.05, 0) is 6.92 Å². The first-order chi connectivity index (χ1) is 6.91. The van der Waals surface area contributed by atoms with E-state index in [0.717, 1.165) is 16.4 Å². The molecular formula is C11H17ClN2S. The van der Waals surface area contributed by atoms with Crippen molar-refractivity contribution in [3.63, 3.8) is 0 Å². The fraction of sp³-hybridized carbons (Fsp3) is 0.636. The van der Waals surface area contributed by atoms with Gasteiger partial charge in [0.25, 0.3) is 0 Å². The van der Waals surface area contributed by atoms with Crippen LogP contribution in [0.3, 0.4) is 0 Å². The molecule has 84 valence electrons. The zero-order valence-electron chi connectivity index (χ0n) is 9.84. The van der Waals surface area contributed by atoms with Crippen molar-refractivity contribution in [1.82, 2.24) is 9.97 Å². The first kappa shape index (κ1) is 12.8. The normalized spacial score (nSPS) is 11.5. The molecule has 0 saturated heterocycles. The van der Waals surface area contributed by atoms with Crippen molar-refractivity contribution in [1.29, 1.82) is 0 Å². The first-order valence-corrected chi connectivity index (χ1v) is 6.38. The third kappa shape index (κ3) is 3.35. The summed E-state index contributed by atoms with van der Waals surface area (Å²) >= 11 is 7.82. The van der Waals surface area contributed by atoms with Gasteiger partial charge in [-0.25, -0.2) is 9.97 Å². The Kier molecular flexibility index (Phi) is 4.41. The lowest BCUT2D eigenvalue weighted by Gasteiger charge is -2.12. The monoisotopic (exact) mass is 244 g/mol. The summed E-state index contributed by atoms with van der Waals surface area (Å²) in [5.74, 6) is 1.14. The van der Waals surface area contributed by atoms with E-state index in [4.69, 9.17) is 11.6 Å². The SMILES string of the molecule is Cc1c(Cl)nc(C(C)C)nc1SC(C)C. The summed E-state index contributed by atoms with van der Waals surface area (Å²) in [4.78, 5) is 8.82. The number of halogens is 1. The third-order valence-electron chi connectivity index (χ3n) is 1.92. The molecule has 0 aliphatic rings. The van der Waals surface area contributed by atoms with Gasteiger partial charge in [-0.1, -0.05) is 39.3 Å². The van der Waals surface area contributed by atoms with Crippen molar-refractivity contribution in [2.45, 2.75) is 50.8 Å². The lowest BCUT2D eigenvalue weighted by Crippen LogP contribution is -2.03. The Morgan fingerprint density at radius 2 is 1.73 bits per heavy atom. The van der Waals surface area contributed by atoms with E-state index in [1.165, 1.54) is 0 Å². The Morgan fingerprint density at radius 1 is 1.13 bits per heavy atom. The summed E-state index contributed by atoms with van der Waals surface area (Å²) in [5.41, 5.74) is 0.986. The van der Waals surface area contributed by atoms with Crippen LogP contribution in [0, 0.1) is 6.92 Å². The van der Waals surface area contributed by atoms with Crippen molar-refractivity contribution in [3.8, 4) is 0 Å². The molecule has 1 aromatic heterocycles. The molecule has 0 amide bonds. The smallest absolute Gasteiger partial charge is 0.136 e. The van der Waals surface area contributed by atoms with Gasteiger partial charge in [-0.2, -0.15) is 0 Å². The van der Waals surface area contributed by atoms with Gasteiger partial charge in [0.2, 0.25) is 0 Å². The van der Waals surface area contributed by atoms with E-state index in [2.05, 4.69) is 37.7 Å². The van der Waals surface area contributed by atoms with Crippen LogP contribution in [0.25, 0.3) is 0 Å². The lowest BCUT2D eigenvalue weighted by molar-refractivity contribution is 0.747. The standard InChI is InChI=1S/C11H17ClN2S/c1-6(2)10-13-9(12)8(5)11(14-10)15-7(3)4/h6-7H,1-5H3. The van der Waals surface area contributed by atoms with Crippen LogP contribution in [0.1, 0.15) is 45.0 Å². The molecule has 1 rings (SSSR count). The predicted molar refractivity (Wildman–Crippen MR) is 66.9 cm³/mol. The van der Waals surface area contributed by atoms with Crippen LogP contribution < -0.4 is 0 Å². The van der Waals surface area contributed by atoms with Gasteiger partial charge in [-0.3, -0.25) is 0 Å². The minimum Gasteiger partial charge on any atom is -0.226 e. The van der Waals surface area contributed by atoms with Gasteiger partial charge in [0.05, 0.1) is 0 Å². The molecule has 0 spiro atoms. The van der Waals surface area contributed by atoms with Crippen LogP contribution in [0.5, 0.6) is 0 Å². The molecule has 0 aliphatic carbocycles.